The van der Waals surface area contributed by atoms with E-state index in [0.29, 0.717) is 28.6 Å². The topological polar surface area (TPSA) is 103 Å². The van der Waals surface area contributed by atoms with E-state index < -0.39 is 12.0 Å². The van der Waals surface area contributed by atoms with Crippen LogP contribution >= 0.6 is 11.8 Å². The van der Waals surface area contributed by atoms with Crippen LogP contribution in [0.2, 0.25) is 0 Å². The zero-order chi connectivity index (χ0) is 22.7. The van der Waals surface area contributed by atoms with Gasteiger partial charge in [-0.15, -0.1) is 11.8 Å². The van der Waals surface area contributed by atoms with Crippen molar-refractivity contribution in [2.24, 2.45) is 5.92 Å². The van der Waals surface area contributed by atoms with Gasteiger partial charge in [0.05, 0.1) is 30.5 Å². The van der Waals surface area contributed by atoms with Gasteiger partial charge in [0, 0.05) is 30.1 Å². The van der Waals surface area contributed by atoms with Crippen LogP contribution < -0.4 is 15.0 Å². The number of carbonyl (C=O) groups is 3. The molecule has 2 aromatic rings. The van der Waals surface area contributed by atoms with Gasteiger partial charge >= 0.3 is 0 Å². The molecular formula is C23H22N4O4S. The van der Waals surface area contributed by atoms with Crippen molar-refractivity contribution in [3.05, 3.63) is 54.1 Å². The monoisotopic (exact) mass is 450 g/mol. The van der Waals surface area contributed by atoms with Gasteiger partial charge in [0.25, 0.3) is 0 Å². The Hall–Kier alpha value is -3.51. The standard InChI is InChI=1S/C23H22N4O4S/c1-31-19-8-6-18(7-9-19)26-12-16(10-21(26)28)23(30)27-14-32-13-20(27)22(29)25-17-4-2-15(11-24)3-5-17/h2-9,16,20H,10,12-14H2,1H3,(H,25,29). The highest BCUT2D eigenvalue weighted by atomic mass is 32.2. The minimum Gasteiger partial charge on any atom is -0.497 e. The first kappa shape index (κ1) is 21.7. The van der Waals surface area contributed by atoms with Gasteiger partial charge in [0.1, 0.15) is 11.8 Å². The summed E-state index contributed by atoms with van der Waals surface area (Å²) in [4.78, 5) is 41.8. The van der Waals surface area contributed by atoms with Gasteiger partial charge in [0.2, 0.25) is 17.7 Å². The summed E-state index contributed by atoms with van der Waals surface area (Å²) in [6.45, 7) is 0.287. The Kier molecular flexibility index (Phi) is 6.32. The number of anilines is 2. The third-order valence-corrected chi connectivity index (χ3v) is 6.62. The van der Waals surface area contributed by atoms with Crippen LogP contribution in [0.1, 0.15) is 12.0 Å². The third kappa shape index (κ3) is 4.41. The molecule has 0 radical (unpaired) electrons. The number of ether oxygens (including phenoxy) is 1. The van der Waals surface area contributed by atoms with E-state index in [1.807, 2.05) is 6.07 Å². The van der Waals surface area contributed by atoms with Gasteiger partial charge < -0.3 is 19.9 Å². The molecule has 0 aliphatic carbocycles. The fraction of sp³-hybridized carbons (Fsp3) is 0.304. The predicted molar refractivity (Wildman–Crippen MR) is 121 cm³/mol. The van der Waals surface area contributed by atoms with Gasteiger partial charge in [-0.3, -0.25) is 14.4 Å². The predicted octanol–water partition coefficient (Wildman–Crippen LogP) is 2.46. The van der Waals surface area contributed by atoms with Crippen LogP contribution in [0.15, 0.2) is 48.5 Å². The second-order valence-corrected chi connectivity index (χ2v) is 8.61. The number of hydrogen-bond donors (Lipinski definition) is 1. The molecule has 1 N–H and O–H groups in total. The molecule has 0 spiro atoms. The third-order valence-electron chi connectivity index (χ3n) is 5.61. The summed E-state index contributed by atoms with van der Waals surface area (Å²) in [6, 6.07) is 15.1. The molecule has 2 aliphatic heterocycles. The van der Waals surface area contributed by atoms with E-state index in [1.165, 1.54) is 11.8 Å². The average molecular weight is 451 g/mol. The Morgan fingerprint density at radius 1 is 1.16 bits per heavy atom. The van der Waals surface area contributed by atoms with Crippen LogP contribution in [-0.4, -0.2) is 53.9 Å². The Bertz CT molecular complexity index is 1060. The Balaban J connectivity index is 1.42. The van der Waals surface area contributed by atoms with Crippen LogP contribution in [0, 0.1) is 17.2 Å². The molecule has 2 saturated heterocycles. The number of nitriles is 1. The fourth-order valence-corrected chi connectivity index (χ4v) is 5.01. The van der Waals surface area contributed by atoms with Crippen LogP contribution in [-0.2, 0) is 14.4 Å². The number of methoxy groups -OCH3 is 1. The van der Waals surface area contributed by atoms with Crippen molar-refractivity contribution in [2.75, 3.05) is 35.5 Å². The summed E-state index contributed by atoms with van der Waals surface area (Å²) >= 11 is 1.51. The average Bonchev–Trinajstić information content (AvgIpc) is 3.46. The normalized spacial score (nSPS) is 20.2. The first-order valence-corrected chi connectivity index (χ1v) is 11.3. The molecule has 0 bridgehead atoms. The zero-order valence-corrected chi connectivity index (χ0v) is 18.3. The van der Waals surface area contributed by atoms with Crippen LogP contribution in [0.5, 0.6) is 5.75 Å². The maximum atomic E-state index is 13.2. The van der Waals surface area contributed by atoms with Crippen molar-refractivity contribution >= 4 is 40.9 Å². The molecule has 9 heteroatoms. The van der Waals surface area contributed by atoms with E-state index in [4.69, 9.17) is 10.00 Å². The highest BCUT2D eigenvalue weighted by Crippen LogP contribution is 2.31. The number of hydrogen-bond acceptors (Lipinski definition) is 6. The van der Waals surface area contributed by atoms with Crippen LogP contribution in [0.3, 0.4) is 0 Å². The van der Waals surface area contributed by atoms with E-state index in [0.717, 1.165) is 5.69 Å². The first-order chi connectivity index (χ1) is 15.5. The van der Waals surface area contributed by atoms with Gasteiger partial charge in [-0.2, -0.15) is 5.26 Å². The van der Waals surface area contributed by atoms with Crippen LogP contribution in [0.4, 0.5) is 11.4 Å². The lowest BCUT2D eigenvalue weighted by Crippen LogP contribution is -2.47. The molecule has 3 amide bonds. The molecule has 8 nitrogen and oxygen atoms in total. The summed E-state index contributed by atoms with van der Waals surface area (Å²) in [5.74, 6) is 0.545. The van der Waals surface area contributed by atoms with Gasteiger partial charge in [0.15, 0.2) is 0 Å². The van der Waals surface area contributed by atoms with Crippen molar-refractivity contribution < 1.29 is 19.1 Å². The maximum absolute atomic E-state index is 13.2. The smallest absolute Gasteiger partial charge is 0.248 e. The number of amides is 3. The molecule has 2 aromatic carbocycles. The maximum Gasteiger partial charge on any atom is 0.248 e. The number of carbonyl (C=O) groups excluding carboxylic acids is 3. The van der Waals surface area contributed by atoms with Crippen molar-refractivity contribution in [1.82, 2.24) is 4.90 Å². The molecule has 2 fully saturated rings. The molecule has 4 rings (SSSR count). The second kappa shape index (κ2) is 9.32. The first-order valence-electron chi connectivity index (χ1n) is 10.1. The number of rotatable bonds is 5. The molecule has 164 valence electrons. The molecule has 0 aromatic heterocycles. The quantitative estimate of drug-likeness (QED) is 0.751. The summed E-state index contributed by atoms with van der Waals surface area (Å²) in [5, 5.41) is 11.7. The summed E-state index contributed by atoms with van der Waals surface area (Å²) in [6.07, 6.45) is 0.121. The van der Waals surface area contributed by atoms with Crippen molar-refractivity contribution in [2.45, 2.75) is 12.5 Å². The van der Waals surface area contributed by atoms with Crippen molar-refractivity contribution in [3.8, 4) is 11.8 Å². The van der Waals surface area contributed by atoms with E-state index in [9.17, 15) is 14.4 Å². The summed E-state index contributed by atoms with van der Waals surface area (Å²) in [5.41, 5.74) is 1.79. The van der Waals surface area contributed by atoms with E-state index in [1.54, 1.807) is 65.4 Å². The molecular weight excluding hydrogens is 428 g/mol. The van der Waals surface area contributed by atoms with Gasteiger partial charge in [-0.05, 0) is 48.5 Å². The van der Waals surface area contributed by atoms with Crippen molar-refractivity contribution in [3.63, 3.8) is 0 Å². The number of benzene rings is 2. The lowest BCUT2D eigenvalue weighted by atomic mass is 10.1. The summed E-state index contributed by atoms with van der Waals surface area (Å²) in [7, 11) is 1.58. The Morgan fingerprint density at radius 2 is 1.88 bits per heavy atom. The second-order valence-electron chi connectivity index (χ2n) is 7.61. The van der Waals surface area contributed by atoms with Gasteiger partial charge in [-0.25, -0.2) is 0 Å². The number of nitrogens with zero attached hydrogens (tertiary/aromatic N) is 3. The lowest BCUT2D eigenvalue weighted by molar-refractivity contribution is -0.139. The number of nitrogens with one attached hydrogen (secondary N) is 1. The van der Waals surface area contributed by atoms with Gasteiger partial charge in [-0.1, -0.05) is 0 Å². The highest BCUT2D eigenvalue weighted by Gasteiger charge is 2.42. The minimum absolute atomic E-state index is 0.112. The van der Waals surface area contributed by atoms with E-state index >= 15 is 0 Å². The molecule has 2 heterocycles. The number of thioether (sulfide) groups is 1. The van der Waals surface area contributed by atoms with Crippen LogP contribution in [0.25, 0.3) is 0 Å². The lowest BCUT2D eigenvalue weighted by Gasteiger charge is -2.26. The minimum atomic E-state index is -0.603. The fourth-order valence-electron chi connectivity index (χ4n) is 3.85. The molecule has 0 saturated carbocycles. The van der Waals surface area contributed by atoms with E-state index in [2.05, 4.69) is 5.32 Å². The SMILES string of the molecule is COc1ccc(N2CC(C(=O)N3CSCC3C(=O)Nc3ccc(C#N)cc3)CC2=O)cc1. The Morgan fingerprint density at radius 3 is 2.53 bits per heavy atom. The summed E-state index contributed by atoms with van der Waals surface area (Å²) < 4.78 is 5.16. The van der Waals surface area contributed by atoms with E-state index in [-0.39, 0.29) is 30.7 Å². The molecule has 2 unspecified atom stereocenters. The molecule has 32 heavy (non-hydrogen) atoms. The molecule has 2 aliphatic rings. The molecule has 2 atom stereocenters. The largest absolute Gasteiger partial charge is 0.497 e. The van der Waals surface area contributed by atoms with Crippen molar-refractivity contribution in [1.29, 1.82) is 5.26 Å². The highest BCUT2D eigenvalue weighted by molar-refractivity contribution is 7.99. The Labute approximate surface area is 190 Å². The zero-order valence-electron chi connectivity index (χ0n) is 17.5.